The summed E-state index contributed by atoms with van der Waals surface area (Å²) in [4.78, 5) is 38.1. The monoisotopic (exact) mass is 450 g/mol. The lowest BCUT2D eigenvalue weighted by Crippen LogP contribution is -2.62. The zero-order valence-corrected chi connectivity index (χ0v) is 19.0. The number of alkyl carbamates (subject to hydrolysis) is 1. The van der Waals surface area contributed by atoms with Crippen LogP contribution < -0.4 is 5.32 Å². The Kier molecular flexibility index (Phi) is 6.40. The van der Waals surface area contributed by atoms with Crippen molar-refractivity contribution in [2.45, 2.75) is 45.1 Å². The molecular formula is C26H30N2O5. The van der Waals surface area contributed by atoms with Crippen LogP contribution in [0.5, 0.6) is 0 Å². The summed E-state index contributed by atoms with van der Waals surface area (Å²) in [6.07, 6.45) is 0.636. The lowest BCUT2D eigenvalue weighted by Gasteiger charge is -2.47. The predicted molar refractivity (Wildman–Crippen MR) is 124 cm³/mol. The number of fused-ring (bicyclic) bond motifs is 3. The van der Waals surface area contributed by atoms with E-state index in [1.165, 1.54) is 11.1 Å². The molecule has 1 saturated heterocycles. The maximum absolute atomic E-state index is 12.6. The van der Waals surface area contributed by atoms with Crippen LogP contribution in [0.2, 0.25) is 0 Å². The average Bonchev–Trinajstić information content (AvgIpc) is 3.10. The minimum Gasteiger partial charge on any atom is -0.481 e. The molecule has 1 unspecified atom stereocenters. The highest BCUT2D eigenvalue weighted by atomic mass is 16.5. The quantitative estimate of drug-likeness (QED) is 0.633. The molecule has 2 aliphatic rings. The Bertz CT molecular complexity index is 1010. The number of hydrogen-bond donors (Lipinski definition) is 2. The first-order valence-electron chi connectivity index (χ1n) is 11.5. The van der Waals surface area contributed by atoms with E-state index in [4.69, 9.17) is 4.74 Å². The molecule has 0 radical (unpaired) electrons. The van der Waals surface area contributed by atoms with Gasteiger partial charge in [0.05, 0.1) is 0 Å². The van der Waals surface area contributed by atoms with Gasteiger partial charge in [-0.1, -0.05) is 62.4 Å². The molecule has 0 spiro atoms. The molecule has 2 N–H and O–H groups in total. The van der Waals surface area contributed by atoms with Gasteiger partial charge in [-0.3, -0.25) is 9.59 Å². The molecular weight excluding hydrogens is 420 g/mol. The Hall–Kier alpha value is -3.35. The van der Waals surface area contributed by atoms with Gasteiger partial charge in [-0.15, -0.1) is 0 Å². The Labute approximate surface area is 193 Å². The van der Waals surface area contributed by atoms with Gasteiger partial charge in [-0.25, -0.2) is 4.79 Å². The molecule has 4 rings (SSSR count). The molecule has 1 atom stereocenters. The standard InChI is InChI=1S/C26H30N2O5/c1-3-17(13-23(29)28-15-26(4-2,16-28)24(30)31)27-25(32)33-14-22-20-11-7-5-9-18(20)19-10-6-8-12-21(19)22/h5-12,17,22H,3-4,13-16H2,1-2H3,(H,27,32)(H,30,31). The molecule has 0 saturated carbocycles. The van der Waals surface area contributed by atoms with Gasteiger partial charge >= 0.3 is 12.1 Å². The van der Waals surface area contributed by atoms with Gasteiger partial charge in [0, 0.05) is 31.5 Å². The van der Waals surface area contributed by atoms with Crippen LogP contribution in [0.4, 0.5) is 4.79 Å². The second-order valence-electron chi connectivity index (χ2n) is 8.97. The summed E-state index contributed by atoms with van der Waals surface area (Å²) in [5, 5.41) is 12.2. The zero-order valence-electron chi connectivity index (χ0n) is 19.0. The van der Waals surface area contributed by atoms with E-state index in [1.54, 1.807) is 4.90 Å². The highest BCUT2D eigenvalue weighted by Crippen LogP contribution is 2.44. The molecule has 1 aliphatic heterocycles. The van der Waals surface area contributed by atoms with Crippen molar-refractivity contribution in [1.82, 2.24) is 10.2 Å². The number of amides is 2. The summed E-state index contributed by atoms with van der Waals surface area (Å²) >= 11 is 0. The van der Waals surface area contributed by atoms with Gasteiger partial charge in [0.2, 0.25) is 5.91 Å². The molecule has 33 heavy (non-hydrogen) atoms. The molecule has 0 aromatic heterocycles. The Morgan fingerprint density at radius 2 is 1.64 bits per heavy atom. The number of likely N-dealkylation sites (tertiary alicyclic amines) is 1. The molecule has 2 aromatic rings. The van der Waals surface area contributed by atoms with E-state index in [-0.39, 0.29) is 44.0 Å². The molecule has 1 aliphatic carbocycles. The van der Waals surface area contributed by atoms with Crippen molar-refractivity contribution in [1.29, 1.82) is 0 Å². The Morgan fingerprint density at radius 1 is 1.06 bits per heavy atom. The third kappa shape index (κ3) is 4.32. The van der Waals surface area contributed by atoms with Crippen LogP contribution in [-0.4, -0.2) is 53.7 Å². The van der Waals surface area contributed by atoms with Crippen molar-refractivity contribution in [3.05, 3.63) is 59.7 Å². The fourth-order valence-electron chi connectivity index (χ4n) is 4.81. The Morgan fingerprint density at radius 3 is 2.15 bits per heavy atom. The number of hydrogen-bond acceptors (Lipinski definition) is 4. The first-order chi connectivity index (χ1) is 15.9. The first kappa shape index (κ1) is 22.8. The van der Waals surface area contributed by atoms with Crippen molar-refractivity contribution < 1.29 is 24.2 Å². The third-order valence-electron chi connectivity index (χ3n) is 7.05. The topological polar surface area (TPSA) is 95.9 Å². The smallest absolute Gasteiger partial charge is 0.407 e. The summed E-state index contributed by atoms with van der Waals surface area (Å²) in [5.74, 6) is -1.03. The summed E-state index contributed by atoms with van der Waals surface area (Å²) < 4.78 is 5.58. The van der Waals surface area contributed by atoms with Crippen LogP contribution in [0.15, 0.2) is 48.5 Å². The summed E-state index contributed by atoms with van der Waals surface area (Å²) in [6, 6.07) is 15.9. The van der Waals surface area contributed by atoms with Crippen LogP contribution in [-0.2, 0) is 14.3 Å². The highest BCUT2D eigenvalue weighted by Gasteiger charge is 2.49. The number of benzene rings is 2. The minimum absolute atomic E-state index is 0.0240. The third-order valence-corrected chi connectivity index (χ3v) is 7.05. The molecule has 174 valence electrons. The van der Waals surface area contributed by atoms with Gasteiger partial charge in [-0.05, 0) is 35.1 Å². The van der Waals surface area contributed by atoms with Gasteiger partial charge in [-0.2, -0.15) is 0 Å². The average molecular weight is 451 g/mol. The number of ether oxygens (including phenoxy) is 1. The van der Waals surface area contributed by atoms with E-state index in [0.29, 0.717) is 12.8 Å². The van der Waals surface area contributed by atoms with Crippen molar-refractivity contribution in [2.24, 2.45) is 5.41 Å². The highest BCUT2D eigenvalue weighted by molar-refractivity contribution is 5.84. The second-order valence-corrected chi connectivity index (χ2v) is 8.97. The van der Waals surface area contributed by atoms with Crippen LogP contribution >= 0.6 is 0 Å². The maximum Gasteiger partial charge on any atom is 0.407 e. The van der Waals surface area contributed by atoms with E-state index in [1.807, 2.05) is 38.1 Å². The summed E-state index contributed by atoms with van der Waals surface area (Å²) in [5.41, 5.74) is 3.78. The van der Waals surface area contributed by atoms with E-state index in [0.717, 1.165) is 11.1 Å². The Balaban J connectivity index is 1.31. The van der Waals surface area contributed by atoms with E-state index >= 15 is 0 Å². The molecule has 1 heterocycles. The predicted octanol–water partition coefficient (Wildman–Crippen LogP) is 4.02. The number of nitrogens with one attached hydrogen (secondary N) is 1. The number of carboxylic acid groups (broad SMARTS) is 1. The first-order valence-corrected chi connectivity index (χ1v) is 11.5. The fraction of sp³-hybridized carbons (Fsp3) is 0.423. The van der Waals surface area contributed by atoms with Crippen LogP contribution in [0, 0.1) is 5.41 Å². The summed E-state index contributed by atoms with van der Waals surface area (Å²) in [7, 11) is 0. The van der Waals surface area contributed by atoms with Gasteiger partial charge < -0.3 is 20.1 Å². The van der Waals surface area contributed by atoms with E-state index in [9.17, 15) is 19.5 Å². The zero-order chi connectivity index (χ0) is 23.6. The second kappa shape index (κ2) is 9.25. The number of aliphatic carboxylic acids is 1. The number of carbonyl (C=O) groups is 3. The van der Waals surface area contributed by atoms with E-state index in [2.05, 4.69) is 29.6 Å². The largest absolute Gasteiger partial charge is 0.481 e. The van der Waals surface area contributed by atoms with Crippen molar-refractivity contribution in [3.8, 4) is 11.1 Å². The maximum atomic E-state index is 12.6. The van der Waals surface area contributed by atoms with Crippen molar-refractivity contribution in [3.63, 3.8) is 0 Å². The SMILES string of the molecule is CCC(CC(=O)N1CC(CC)(C(=O)O)C1)NC(=O)OCC1c2ccccc2-c2ccccc21. The molecule has 7 heteroatoms. The van der Waals surface area contributed by atoms with Gasteiger partial charge in [0.15, 0.2) is 0 Å². The van der Waals surface area contributed by atoms with Crippen LogP contribution in [0.3, 0.4) is 0 Å². The molecule has 2 amide bonds. The van der Waals surface area contributed by atoms with Crippen molar-refractivity contribution in [2.75, 3.05) is 19.7 Å². The van der Waals surface area contributed by atoms with Crippen LogP contribution in [0.25, 0.3) is 11.1 Å². The fourth-order valence-corrected chi connectivity index (χ4v) is 4.81. The van der Waals surface area contributed by atoms with Crippen molar-refractivity contribution >= 4 is 18.0 Å². The molecule has 1 fully saturated rings. The normalized spacial score (nSPS) is 16.8. The number of rotatable bonds is 8. The van der Waals surface area contributed by atoms with E-state index < -0.39 is 17.5 Å². The number of carboxylic acids is 1. The molecule has 7 nitrogen and oxygen atoms in total. The van der Waals surface area contributed by atoms with Crippen LogP contribution in [0.1, 0.15) is 50.2 Å². The molecule has 2 aromatic carbocycles. The summed E-state index contributed by atoms with van der Waals surface area (Å²) in [6.45, 7) is 4.38. The van der Waals surface area contributed by atoms with Gasteiger partial charge in [0.25, 0.3) is 0 Å². The number of carbonyl (C=O) groups excluding carboxylic acids is 2. The lowest BCUT2D eigenvalue weighted by atomic mass is 9.77. The number of nitrogens with zero attached hydrogens (tertiary/aromatic N) is 1. The lowest BCUT2D eigenvalue weighted by molar-refractivity contribution is -0.166. The molecule has 0 bridgehead atoms. The van der Waals surface area contributed by atoms with Gasteiger partial charge in [0.1, 0.15) is 12.0 Å². The minimum atomic E-state index is -0.863.